The molecule has 1 N–H and O–H groups in total. The fourth-order valence-electron chi connectivity index (χ4n) is 2.89. The molecule has 106 valence electrons. The lowest BCUT2D eigenvalue weighted by atomic mass is 9.79. The van der Waals surface area contributed by atoms with E-state index in [1.54, 1.807) is 11.3 Å². The third-order valence-electron chi connectivity index (χ3n) is 4.30. The minimum Gasteiger partial charge on any atom is -0.306 e. The van der Waals surface area contributed by atoms with Crippen LogP contribution in [0.1, 0.15) is 61.3 Å². The lowest BCUT2D eigenvalue weighted by Crippen LogP contribution is -2.23. The molecule has 1 saturated carbocycles. The second-order valence-electron chi connectivity index (χ2n) is 5.74. The summed E-state index contributed by atoms with van der Waals surface area (Å²) in [6.07, 6.45) is 5.31. The molecule has 0 aliphatic heterocycles. The molecule has 0 bridgehead atoms. The van der Waals surface area contributed by atoms with E-state index in [0.717, 1.165) is 12.5 Å². The van der Waals surface area contributed by atoms with Gasteiger partial charge in [0.05, 0.1) is 6.04 Å². The van der Waals surface area contributed by atoms with Crippen molar-refractivity contribution in [2.24, 2.45) is 0 Å². The monoisotopic (exact) mass is 285 g/mol. The van der Waals surface area contributed by atoms with Crippen LogP contribution >= 0.6 is 11.3 Å². The highest BCUT2D eigenvalue weighted by atomic mass is 32.1. The Bertz CT molecular complexity index is 528. The molecule has 0 spiro atoms. The van der Waals surface area contributed by atoms with Crippen molar-refractivity contribution in [1.82, 2.24) is 5.32 Å². The molecule has 1 unspecified atom stereocenters. The Balaban J connectivity index is 1.86. The number of hydrogen-bond acceptors (Lipinski definition) is 2. The summed E-state index contributed by atoms with van der Waals surface area (Å²) in [6, 6.07) is 11.8. The first-order valence-corrected chi connectivity index (χ1v) is 8.68. The van der Waals surface area contributed by atoms with Gasteiger partial charge in [-0.05, 0) is 65.2 Å². The van der Waals surface area contributed by atoms with E-state index in [2.05, 4.69) is 53.3 Å². The van der Waals surface area contributed by atoms with E-state index in [-0.39, 0.29) is 0 Å². The molecule has 1 nitrogen and oxygen atoms in total. The highest BCUT2D eigenvalue weighted by Gasteiger charge is 2.21. The Morgan fingerprint density at radius 1 is 1.25 bits per heavy atom. The minimum absolute atomic E-state index is 0.348. The van der Waals surface area contributed by atoms with E-state index in [0.29, 0.717) is 6.04 Å². The van der Waals surface area contributed by atoms with Crippen LogP contribution in [0.15, 0.2) is 41.1 Å². The average molecular weight is 285 g/mol. The SMILES string of the molecule is CCCNC(c1ccsc1)c1cccc(C2CCC2)c1. The van der Waals surface area contributed by atoms with Gasteiger partial charge in [0.25, 0.3) is 0 Å². The van der Waals surface area contributed by atoms with Crippen LogP contribution in [0.5, 0.6) is 0 Å². The van der Waals surface area contributed by atoms with Crippen LogP contribution in [0.2, 0.25) is 0 Å². The molecule has 0 saturated heterocycles. The summed E-state index contributed by atoms with van der Waals surface area (Å²) >= 11 is 1.78. The summed E-state index contributed by atoms with van der Waals surface area (Å²) in [5, 5.41) is 8.14. The molecule has 0 radical (unpaired) electrons. The summed E-state index contributed by atoms with van der Waals surface area (Å²) in [4.78, 5) is 0. The van der Waals surface area contributed by atoms with Crippen molar-refractivity contribution in [3.63, 3.8) is 0 Å². The molecule has 1 atom stereocenters. The van der Waals surface area contributed by atoms with Crippen molar-refractivity contribution >= 4 is 11.3 Å². The molecular formula is C18H23NS. The number of nitrogens with one attached hydrogen (secondary N) is 1. The number of thiophene rings is 1. The summed E-state index contributed by atoms with van der Waals surface area (Å²) in [6.45, 7) is 3.29. The summed E-state index contributed by atoms with van der Waals surface area (Å²) < 4.78 is 0. The fraction of sp³-hybridized carbons (Fsp3) is 0.444. The largest absolute Gasteiger partial charge is 0.306 e. The van der Waals surface area contributed by atoms with Crippen molar-refractivity contribution in [3.8, 4) is 0 Å². The van der Waals surface area contributed by atoms with Gasteiger partial charge in [-0.1, -0.05) is 37.6 Å². The van der Waals surface area contributed by atoms with Crippen LogP contribution in [0.3, 0.4) is 0 Å². The first-order valence-electron chi connectivity index (χ1n) is 7.74. The molecule has 1 heterocycles. The third-order valence-corrected chi connectivity index (χ3v) is 5.00. The maximum Gasteiger partial charge on any atom is 0.0585 e. The van der Waals surface area contributed by atoms with E-state index in [1.165, 1.54) is 42.4 Å². The van der Waals surface area contributed by atoms with E-state index in [9.17, 15) is 0 Å². The van der Waals surface area contributed by atoms with Gasteiger partial charge in [-0.3, -0.25) is 0 Å². The first-order chi connectivity index (χ1) is 9.88. The van der Waals surface area contributed by atoms with Gasteiger partial charge in [0.1, 0.15) is 0 Å². The van der Waals surface area contributed by atoms with Gasteiger partial charge >= 0.3 is 0 Å². The van der Waals surface area contributed by atoms with Gasteiger partial charge in [-0.25, -0.2) is 0 Å². The van der Waals surface area contributed by atoms with Crippen LogP contribution in [0.4, 0.5) is 0 Å². The Morgan fingerprint density at radius 3 is 2.80 bits per heavy atom. The predicted molar refractivity (Wildman–Crippen MR) is 87.5 cm³/mol. The van der Waals surface area contributed by atoms with Gasteiger partial charge in [0, 0.05) is 0 Å². The van der Waals surface area contributed by atoms with Crippen LogP contribution in [-0.2, 0) is 0 Å². The maximum absolute atomic E-state index is 3.70. The summed E-state index contributed by atoms with van der Waals surface area (Å²) in [5.74, 6) is 0.809. The molecule has 2 aromatic rings. The molecule has 0 amide bonds. The van der Waals surface area contributed by atoms with Gasteiger partial charge in [0.15, 0.2) is 0 Å². The second-order valence-corrected chi connectivity index (χ2v) is 6.52. The molecule has 1 aromatic heterocycles. The Kier molecular flexibility index (Phi) is 4.54. The zero-order chi connectivity index (χ0) is 13.8. The van der Waals surface area contributed by atoms with Gasteiger partial charge in [0.2, 0.25) is 0 Å². The number of rotatable bonds is 6. The van der Waals surface area contributed by atoms with Crippen molar-refractivity contribution in [1.29, 1.82) is 0 Å². The van der Waals surface area contributed by atoms with Gasteiger partial charge in [-0.2, -0.15) is 11.3 Å². The Labute approximate surface area is 126 Å². The zero-order valence-corrected chi connectivity index (χ0v) is 13.0. The van der Waals surface area contributed by atoms with Gasteiger partial charge in [-0.15, -0.1) is 0 Å². The predicted octanol–water partition coefficient (Wildman–Crippen LogP) is 5.10. The average Bonchev–Trinajstić information content (AvgIpc) is 2.92. The third kappa shape index (κ3) is 2.97. The number of hydrogen-bond donors (Lipinski definition) is 1. The first kappa shape index (κ1) is 13.8. The van der Waals surface area contributed by atoms with Crippen molar-refractivity contribution in [3.05, 3.63) is 57.8 Å². The second kappa shape index (κ2) is 6.55. The van der Waals surface area contributed by atoms with Crippen molar-refractivity contribution in [2.75, 3.05) is 6.54 Å². The number of benzene rings is 1. The van der Waals surface area contributed by atoms with Crippen molar-refractivity contribution in [2.45, 2.75) is 44.6 Å². The van der Waals surface area contributed by atoms with Crippen molar-refractivity contribution < 1.29 is 0 Å². The van der Waals surface area contributed by atoms with E-state index >= 15 is 0 Å². The smallest absolute Gasteiger partial charge is 0.0585 e. The standard InChI is InChI=1S/C18H23NS/c1-2-10-19-18(17-9-11-20-13-17)16-8-4-7-15(12-16)14-5-3-6-14/h4,7-9,11-14,18-19H,2-3,5-6,10H2,1H3. The normalized spacial score (nSPS) is 16.9. The highest BCUT2D eigenvalue weighted by Crippen LogP contribution is 2.37. The zero-order valence-electron chi connectivity index (χ0n) is 12.1. The summed E-state index contributed by atoms with van der Waals surface area (Å²) in [5.41, 5.74) is 4.35. The Hall–Kier alpha value is -1.12. The molecule has 1 aliphatic carbocycles. The van der Waals surface area contributed by atoms with Crippen LogP contribution in [0.25, 0.3) is 0 Å². The van der Waals surface area contributed by atoms with Gasteiger partial charge < -0.3 is 5.32 Å². The molecule has 3 rings (SSSR count). The molecule has 1 fully saturated rings. The molecule has 20 heavy (non-hydrogen) atoms. The molecule has 1 aromatic carbocycles. The molecular weight excluding hydrogens is 262 g/mol. The van der Waals surface area contributed by atoms with Crippen LogP contribution in [-0.4, -0.2) is 6.54 Å². The maximum atomic E-state index is 3.70. The Morgan fingerprint density at radius 2 is 2.15 bits per heavy atom. The van der Waals surface area contributed by atoms with E-state index < -0.39 is 0 Å². The topological polar surface area (TPSA) is 12.0 Å². The van der Waals surface area contributed by atoms with E-state index in [1.807, 2.05) is 0 Å². The highest BCUT2D eigenvalue weighted by molar-refractivity contribution is 7.08. The lowest BCUT2D eigenvalue weighted by Gasteiger charge is -2.27. The fourth-order valence-corrected chi connectivity index (χ4v) is 3.58. The van der Waals surface area contributed by atoms with Crippen LogP contribution < -0.4 is 5.32 Å². The molecule has 1 aliphatic rings. The quantitative estimate of drug-likeness (QED) is 0.778. The molecule has 2 heteroatoms. The lowest BCUT2D eigenvalue weighted by molar-refractivity contribution is 0.419. The van der Waals surface area contributed by atoms with Crippen LogP contribution in [0, 0.1) is 0 Å². The van der Waals surface area contributed by atoms with E-state index in [4.69, 9.17) is 0 Å². The summed E-state index contributed by atoms with van der Waals surface area (Å²) in [7, 11) is 0. The minimum atomic E-state index is 0.348.